The third kappa shape index (κ3) is 5.43. The zero-order valence-corrected chi connectivity index (χ0v) is 14.8. The van der Waals surface area contributed by atoms with Crippen LogP contribution in [0, 0.1) is 6.92 Å². The van der Waals surface area contributed by atoms with Gasteiger partial charge in [0, 0.05) is 18.1 Å². The van der Waals surface area contributed by atoms with E-state index in [0.717, 1.165) is 18.0 Å². The molecular formula is C19H20ClN5. The lowest BCUT2D eigenvalue weighted by Crippen LogP contribution is -2.10. The van der Waals surface area contributed by atoms with Gasteiger partial charge in [-0.25, -0.2) is 0 Å². The van der Waals surface area contributed by atoms with Gasteiger partial charge in [0.1, 0.15) is 0 Å². The van der Waals surface area contributed by atoms with Gasteiger partial charge in [0.2, 0.25) is 5.95 Å². The maximum atomic E-state index is 5.89. The second-order valence-corrected chi connectivity index (χ2v) is 6.25. The Morgan fingerprint density at radius 3 is 2.64 bits per heavy atom. The standard InChI is InChI=1S/C19H20ClN5/c1-14-3-2-4-16(11-14)12-22-19-24-18(13-23-25-19)21-10-9-15-5-7-17(20)8-6-15/h2-8,11,13H,9-10,12H2,1H3,(H2,21,22,24,25). The molecular weight excluding hydrogens is 334 g/mol. The summed E-state index contributed by atoms with van der Waals surface area (Å²) in [6.45, 7) is 3.50. The highest BCUT2D eigenvalue weighted by molar-refractivity contribution is 6.30. The number of rotatable bonds is 7. The predicted molar refractivity (Wildman–Crippen MR) is 102 cm³/mol. The van der Waals surface area contributed by atoms with E-state index in [1.54, 1.807) is 6.20 Å². The normalized spacial score (nSPS) is 10.5. The third-order valence-electron chi connectivity index (χ3n) is 3.72. The molecule has 0 unspecified atom stereocenters. The SMILES string of the molecule is Cc1cccc(CNc2nncc(NCCc3ccc(Cl)cc3)n2)c1. The first kappa shape index (κ1) is 17.2. The van der Waals surface area contributed by atoms with Gasteiger partial charge in [-0.15, -0.1) is 5.10 Å². The minimum Gasteiger partial charge on any atom is -0.368 e. The summed E-state index contributed by atoms with van der Waals surface area (Å²) in [5.41, 5.74) is 3.64. The van der Waals surface area contributed by atoms with Crippen molar-refractivity contribution < 1.29 is 0 Å². The summed E-state index contributed by atoms with van der Waals surface area (Å²) in [5.74, 6) is 1.22. The van der Waals surface area contributed by atoms with Gasteiger partial charge in [-0.3, -0.25) is 0 Å². The number of halogens is 1. The Kier molecular flexibility index (Phi) is 5.80. The summed E-state index contributed by atoms with van der Waals surface area (Å²) >= 11 is 5.89. The summed E-state index contributed by atoms with van der Waals surface area (Å²) in [7, 11) is 0. The molecule has 0 atom stereocenters. The van der Waals surface area contributed by atoms with Gasteiger partial charge in [-0.1, -0.05) is 53.6 Å². The van der Waals surface area contributed by atoms with Crippen molar-refractivity contribution in [3.05, 3.63) is 76.4 Å². The van der Waals surface area contributed by atoms with Crippen LogP contribution in [0.25, 0.3) is 0 Å². The second-order valence-electron chi connectivity index (χ2n) is 5.81. The highest BCUT2D eigenvalue weighted by atomic mass is 35.5. The van der Waals surface area contributed by atoms with E-state index in [9.17, 15) is 0 Å². The number of hydrogen-bond acceptors (Lipinski definition) is 5. The van der Waals surface area contributed by atoms with Crippen molar-refractivity contribution in [1.29, 1.82) is 0 Å². The third-order valence-corrected chi connectivity index (χ3v) is 3.98. The minimum atomic E-state index is 0.512. The first-order valence-corrected chi connectivity index (χ1v) is 8.54. The molecule has 6 heteroatoms. The number of hydrogen-bond donors (Lipinski definition) is 2. The van der Waals surface area contributed by atoms with Crippen molar-refractivity contribution in [3.63, 3.8) is 0 Å². The van der Waals surface area contributed by atoms with Gasteiger partial charge in [0.05, 0.1) is 6.20 Å². The molecule has 128 valence electrons. The molecule has 0 aliphatic heterocycles. The molecule has 3 rings (SSSR count). The Bertz CT molecular complexity index is 820. The molecule has 0 saturated carbocycles. The average molecular weight is 354 g/mol. The lowest BCUT2D eigenvalue weighted by Gasteiger charge is -2.08. The van der Waals surface area contributed by atoms with Crippen molar-refractivity contribution >= 4 is 23.4 Å². The number of aryl methyl sites for hydroxylation is 1. The molecule has 0 aliphatic carbocycles. The summed E-state index contributed by atoms with van der Waals surface area (Å²) in [6.07, 6.45) is 2.51. The Labute approximate surface area is 152 Å². The van der Waals surface area contributed by atoms with E-state index in [1.165, 1.54) is 16.7 Å². The summed E-state index contributed by atoms with van der Waals surface area (Å²) in [6, 6.07) is 16.2. The van der Waals surface area contributed by atoms with Gasteiger partial charge < -0.3 is 10.6 Å². The van der Waals surface area contributed by atoms with Crippen molar-refractivity contribution in [1.82, 2.24) is 15.2 Å². The topological polar surface area (TPSA) is 62.7 Å². The summed E-state index contributed by atoms with van der Waals surface area (Å²) in [5, 5.41) is 15.2. The molecule has 0 radical (unpaired) electrons. The van der Waals surface area contributed by atoms with Crippen LogP contribution in [0.5, 0.6) is 0 Å². The van der Waals surface area contributed by atoms with Crippen molar-refractivity contribution in [2.45, 2.75) is 19.9 Å². The lowest BCUT2D eigenvalue weighted by atomic mass is 10.1. The van der Waals surface area contributed by atoms with Crippen LogP contribution in [0.3, 0.4) is 0 Å². The van der Waals surface area contributed by atoms with E-state index in [4.69, 9.17) is 11.6 Å². The second kappa shape index (κ2) is 8.44. The van der Waals surface area contributed by atoms with Crippen LogP contribution in [0.4, 0.5) is 11.8 Å². The van der Waals surface area contributed by atoms with Crippen LogP contribution in [-0.4, -0.2) is 21.7 Å². The van der Waals surface area contributed by atoms with Gasteiger partial charge in [-0.05, 0) is 36.6 Å². The van der Waals surface area contributed by atoms with E-state index in [-0.39, 0.29) is 0 Å². The fraction of sp³-hybridized carbons (Fsp3) is 0.211. The van der Waals surface area contributed by atoms with E-state index < -0.39 is 0 Å². The van der Waals surface area contributed by atoms with Crippen LogP contribution in [0.15, 0.2) is 54.7 Å². The Hall–Kier alpha value is -2.66. The fourth-order valence-electron chi connectivity index (χ4n) is 2.45. The number of aromatic nitrogens is 3. The van der Waals surface area contributed by atoms with Crippen molar-refractivity contribution in [2.24, 2.45) is 0 Å². The predicted octanol–water partition coefficient (Wildman–Crippen LogP) is 4.10. The van der Waals surface area contributed by atoms with E-state index in [0.29, 0.717) is 18.3 Å². The number of benzene rings is 2. The molecule has 0 spiro atoms. The molecule has 5 nitrogen and oxygen atoms in total. The highest BCUT2D eigenvalue weighted by Crippen LogP contribution is 2.11. The molecule has 3 aromatic rings. The monoisotopic (exact) mass is 353 g/mol. The first-order valence-electron chi connectivity index (χ1n) is 8.16. The van der Waals surface area contributed by atoms with Crippen LogP contribution >= 0.6 is 11.6 Å². The number of nitrogens with one attached hydrogen (secondary N) is 2. The Morgan fingerprint density at radius 2 is 1.84 bits per heavy atom. The van der Waals surface area contributed by atoms with E-state index in [1.807, 2.05) is 30.3 Å². The summed E-state index contributed by atoms with van der Waals surface area (Å²) < 4.78 is 0. The molecule has 1 aromatic heterocycles. The zero-order valence-electron chi connectivity index (χ0n) is 14.0. The summed E-state index contributed by atoms with van der Waals surface area (Å²) in [4.78, 5) is 4.44. The molecule has 0 amide bonds. The number of nitrogens with zero attached hydrogens (tertiary/aromatic N) is 3. The van der Waals surface area contributed by atoms with Crippen molar-refractivity contribution in [3.8, 4) is 0 Å². The van der Waals surface area contributed by atoms with Crippen LogP contribution in [-0.2, 0) is 13.0 Å². The molecule has 25 heavy (non-hydrogen) atoms. The Balaban J connectivity index is 1.51. The van der Waals surface area contributed by atoms with Gasteiger partial charge >= 0.3 is 0 Å². The lowest BCUT2D eigenvalue weighted by molar-refractivity contribution is 0.928. The molecule has 0 aliphatic rings. The average Bonchev–Trinajstić information content (AvgIpc) is 2.62. The maximum Gasteiger partial charge on any atom is 0.244 e. The van der Waals surface area contributed by atoms with Crippen LogP contribution in [0.1, 0.15) is 16.7 Å². The first-order chi connectivity index (χ1) is 12.2. The number of anilines is 2. The van der Waals surface area contributed by atoms with Gasteiger partial charge in [-0.2, -0.15) is 10.1 Å². The molecule has 0 bridgehead atoms. The van der Waals surface area contributed by atoms with Crippen LogP contribution in [0.2, 0.25) is 5.02 Å². The van der Waals surface area contributed by atoms with Crippen molar-refractivity contribution in [2.75, 3.05) is 17.2 Å². The largest absolute Gasteiger partial charge is 0.368 e. The maximum absolute atomic E-state index is 5.89. The smallest absolute Gasteiger partial charge is 0.244 e. The zero-order chi connectivity index (χ0) is 17.5. The highest BCUT2D eigenvalue weighted by Gasteiger charge is 2.01. The molecule has 2 aromatic carbocycles. The minimum absolute atomic E-state index is 0.512. The van der Waals surface area contributed by atoms with E-state index >= 15 is 0 Å². The molecule has 0 fully saturated rings. The molecule has 0 saturated heterocycles. The Morgan fingerprint density at radius 1 is 1.00 bits per heavy atom. The molecule has 1 heterocycles. The van der Waals surface area contributed by atoms with Crippen LogP contribution < -0.4 is 10.6 Å². The quantitative estimate of drug-likeness (QED) is 0.669. The van der Waals surface area contributed by atoms with Gasteiger partial charge in [0.15, 0.2) is 5.82 Å². The van der Waals surface area contributed by atoms with E-state index in [2.05, 4.69) is 50.9 Å². The fourth-order valence-corrected chi connectivity index (χ4v) is 2.58. The van der Waals surface area contributed by atoms with Gasteiger partial charge in [0.25, 0.3) is 0 Å². The molecule has 2 N–H and O–H groups in total.